The van der Waals surface area contributed by atoms with E-state index in [2.05, 4.69) is 25.2 Å². The summed E-state index contributed by atoms with van der Waals surface area (Å²) in [5.41, 5.74) is 10.3. The molecule has 0 aliphatic heterocycles. The molecule has 1 atom stereocenters. The molecular formula is C16H25N3. The van der Waals surface area contributed by atoms with Gasteiger partial charge in [0.1, 0.15) is 5.82 Å². The molecule has 0 spiro atoms. The molecule has 1 unspecified atom stereocenters. The van der Waals surface area contributed by atoms with Gasteiger partial charge in [0, 0.05) is 23.8 Å². The van der Waals surface area contributed by atoms with Gasteiger partial charge in [-0.25, -0.2) is 4.98 Å². The maximum atomic E-state index is 5.89. The summed E-state index contributed by atoms with van der Waals surface area (Å²) >= 11 is 0. The van der Waals surface area contributed by atoms with Crippen LogP contribution in [0.25, 0.3) is 0 Å². The van der Waals surface area contributed by atoms with Gasteiger partial charge in [0.25, 0.3) is 0 Å². The fourth-order valence-corrected chi connectivity index (χ4v) is 3.55. The first-order valence-corrected chi connectivity index (χ1v) is 7.56. The number of aryl methyl sites for hydroxylation is 2. The molecule has 19 heavy (non-hydrogen) atoms. The number of rotatable bonds is 3. The van der Waals surface area contributed by atoms with Gasteiger partial charge in [-0.1, -0.05) is 13.8 Å². The zero-order valence-corrected chi connectivity index (χ0v) is 12.1. The van der Waals surface area contributed by atoms with Crippen LogP contribution in [0.3, 0.4) is 0 Å². The average molecular weight is 259 g/mol. The summed E-state index contributed by atoms with van der Waals surface area (Å²) in [4.78, 5) is 4.84. The Morgan fingerprint density at radius 1 is 1.42 bits per heavy atom. The molecule has 3 nitrogen and oxygen atoms in total. The van der Waals surface area contributed by atoms with Gasteiger partial charge < -0.3 is 11.1 Å². The highest BCUT2D eigenvalue weighted by molar-refractivity contribution is 5.49. The number of pyridine rings is 1. The maximum absolute atomic E-state index is 5.89. The van der Waals surface area contributed by atoms with Crippen molar-refractivity contribution in [2.45, 2.75) is 65.0 Å². The first-order chi connectivity index (χ1) is 9.07. The lowest BCUT2D eigenvalue weighted by Crippen LogP contribution is -2.20. The highest BCUT2D eigenvalue weighted by Gasteiger charge is 2.31. The van der Waals surface area contributed by atoms with Crippen LogP contribution in [0.1, 0.15) is 56.4 Å². The molecule has 0 amide bonds. The highest BCUT2D eigenvalue weighted by atomic mass is 15.0. The zero-order valence-electron chi connectivity index (χ0n) is 12.1. The van der Waals surface area contributed by atoms with E-state index in [1.54, 1.807) is 0 Å². The van der Waals surface area contributed by atoms with Crippen molar-refractivity contribution in [3.63, 3.8) is 0 Å². The summed E-state index contributed by atoms with van der Waals surface area (Å²) < 4.78 is 0. The molecule has 1 fully saturated rings. The number of anilines is 1. The molecule has 3 N–H and O–H groups in total. The predicted octanol–water partition coefficient (Wildman–Crippen LogP) is 3.02. The summed E-state index contributed by atoms with van der Waals surface area (Å²) in [6.07, 6.45) is 7.32. The maximum Gasteiger partial charge on any atom is 0.130 e. The lowest BCUT2D eigenvalue weighted by molar-refractivity contribution is 0.378. The normalized spacial score (nSPS) is 24.5. The molecule has 0 aromatic carbocycles. The smallest absolute Gasteiger partial charge is 0.130 e. The zero-order chi connectivity index (χ0) is 13.5. The molecule has 2 aliphatic carbocycles. The molecular weight excluding hydrogens is 234 g/mol. The first kappa shape index (κ1) is 12.9. The van der Waals surface area contributed by atoms with E-state index in [9.17, 15) is 0 Å². The van der Waals surface area contributed by atoms with Crippen molar-refractivity contribution < 1.29 is 0 Å². The third kappa shape index (κ3) is 2.62. The van der Waals surface area contributed by atoms with Crippen LogP contribution < -0.4 is 11.1 Å². The van der Waals surface area contributed by atoms with Crippen LogP contribution in [0.5, 0.6) is 0 Å². The van der Waals surface area contributed by atoms with Crippen LogP contribution >= 0.6 is 0 Å². The van der Waals surface area contributed by atoms with Gasteiger partial charge >= 0.3 is 0 Å². The van der Waals surface area contributed by atoms with Gasteiger partial charge in [-0.2, -0.15) is 0 Å². The van der Waals surface area contributed by atoms with Crippen LogP contribution in [0.15, 0.2) is 6.07 Å². The average Bonchev–Trinajstić information content (AvgIpc) is 2.94. The van der Waals surface area contributed by atoms with E-state index in [1.807, 2.05) is 0 Å². The van der Waals surface area contributed by atoms with Gasteiger partial charge in [0.2, 0.25) is 0 Å². The Hall–Kier alpha value is -1.09. The van der Waals surface area contributed by atoms with Crippen molar-refractivity contribution in [2.75, 3.05) is 5.32 Å². The summed E-state index contributed by atoms with van der Waals surface area (Å²) in [6, 6.07) is 2.84. The van der Waals surface area contributed by atoms with E-state index >= 15 is 0 Å². The molecule has 104 valence electrons. The number of nitrogens with one attached hydrogen (secondary N) is 1. The van der Waals surface area contributed by atoms with Crippen molar-refractivity contribution >= 4 is 5.82 Å². The van der Waals surface area contributed by atoms with Crippen molar-refractivity contribution in [2.24, 2.45) is 11.1 Å². The number of nitrogens with two attached hydrogens (primary N) is 1. The lowest BCUT2D eigenvalue weighted by atomic mass is 9.92. The second-order valence-corrected chi connectivity index (χ2v) is 6.91. The molecule has 0 radical (unpaired) electrons. The molecule has 1 saturated carbocycles. The fraction of sp³-hybridized carbons (Fsp3) is 0.688. The fourth-order valence-electron chi connectivity index (χ4n) is 3.55. The van der Waals surface area contributed by atoms with E-state index in [4.69, 9.17) is 10.7 Å². The van der Waals surface area contributed by atoms with Gasteiger partial charge in [-0.3, -0.25) is 0 Å². The van der Waals surface area contributed by atoms with E-state index in [0.717, 1.165) is 12.2 Å². The minimum atomic E-state index is 0.470. The van der Waals surface area contributed by atoms with Crippen LogP contribution in [-0.2, 0) is 19.4 Å². The molecule has 1 aromatic heterocycles. The van der Waals surface area contributed by atoms with E-state index in [-0.39, 0.29) is 0 Å². The topological polar surface area (TPSA) is 50.9 Å². The standard InChI is InChI=1S/C16H25N3/c1-16(2)7-6-13(9-16)18-15-12(10-17)8-11-4-3-5-14(11)19-15/h8,13H,3-7,9-10,17H2,1-2H3,(H,18,19). The summed E-state index contributed by atoms with van der Waals surface area (Å²) in [5, 5.41) is 3.65. The Bertz CT molecular complexity index is 479. The summed E-state index contributed by atoms with van der Waals surface area (Å²) in [5.74, 6) is 1.05. The molecule has 0 bridgehead atoms. The van der Waals surface area contributed by atoms with Crippen LogP contribution in [0.4, 0.5) is 5.82 Å². The summed E-state index contributed by atoms with van der Waals surface area (Å²) in [6.45, 7) is 5.29. The van der Waals surface area contributed by atoms with E-state index in [1.165, 1.54) is 48.9 Å². The largest absolute Gasteiger partial charge is 0.367 e. The van der Waals surface area contributed by atoms with Crippen molar-refractivity contribution in [3.05, 3.63) is 22.9 Å². The Balaban J connectivity index is 1.81. The quantitative estimate of drug-likeness (QED) is 0.877. The SMILES string of the molecule is CC1(C)CCC(Nc2nc3c(cc2CN)CCC3)C1. The number of hydrogen-bond donors (Lipinski definition) is 2. The predicted molar refractivity (Wildman–Crippen MR) is 79.2 cm³/mol. The molecule has 3 heteroatoms. The molecule has 2 aliphatic rings. The van der Waals surface area contributed by atoms with Crippen molar-refractivity contribution in [1.82, 2.24) is 4.98 Å². The minimum Gasteiger partial charge on any atom is -0.367 e. The van der Waals surface area contributed by atoms with Gasteiger partial charge in [0.15, 0.2) is 0 Å². The lowest BCUT2D eigenvalue weighted by Gasteiger charge is -2.20. The molecule has 3 rings (SSSR count). The molecule has 0 saturated heterocycles. The Morgan fingerprint density at radius 3 is 2.95 bits per heavy atom. The number of fused-ring (bicyclic) bond motifs is 1. The Labute approximate surface area is 116 Å². The summed E-state index contributed by atoms with van der Waals surface area (Å²) in [7, 11) is 0. The van der Waals surface area contributed by atoms with Crippen LogP contribution in [0.2, 0.25) is 0 Å². The van der Waals surface area contributed by atoms with E-state index < -0.39 is 0 Å². The van der Waals surface area contributed by atoms with Crippen molar-refractivity contribution in [3.8, 4) is 0 Å². The number of nitrogens with zero attached hydrogens (tertiary/aromatic N) is 1. The monoisotopic (exact) mass is 259 g/mol. The van der Waals surface area contributed by atoms with Crippen LogP contribution in [0, 0.1) is 5.41 Å². The number of hydrogen-bond acceptors (Lipinski definition) is 3. The molecule has 1 heterocycles. The highest BCUT2D eigenvalue weighted by Crippen LogP contribution is 2.38. The third-order valence-corrected chi connectivity index (χ3v) is 4.66. The second kappa shape index (κ2) is 4.78. The Morgan fingerprint density at radius 2 is 2.26 bits per heavy atom. The van der Waals surface area contributed by atoms with Crippen molar-refractivity contribution in [1.29, 1.82) is 0 Å². The van der Waals surface area contributed by atoms with Crippen LogP contribution in [-0.4, -0.2) is 11.0 Å². The van der Waals surface area contributed by atoms with Gasteiger partial charge in [0.05, 0.1) is 0 Å². The van der Waals surface area contributed by atoms with E-state index in [0.29, 0.717) is 18.0 Å². The number of aromatic nitrogens is 1. The Kier molecular flexibility index (Phi) is 3.25. The van der Waals surface area contributed by atoms with Gasteiger partial charge in [-0.05, 0) is 55.6 Å². The first-order valence-electron chi connectivity index (χ1n) is 7.56. The minimum absolute atomic E-state index is 0.470. The second-order valence-electron chi connectivity index (χ2n) is 6.91. The molecule has 1 aromatic rings. The van der Waals surface area contributed by atoms with Gasteiger partial charge in [-0.15, -0.1) is 0 Å². The third-order valence-electron chi connectivity index (χ3n) is 4.66.